The molecule has 1 rings (SSSR count). The van der Waals surface area contributed by atoms with Gasteiger partial charge >= 0.3 is 5.97 Å². The van der Waals surface area contributed by atoms with E-state index in [0.29, 0.717) is 5.69 Å². The minimum atomic E-state index is -0.473. The van der Waals surface area contributed by atoms with Crippen LogP contribution in [0.25, 0.3) is 0 Å². The van der Waals surface area contributed by atoms with Crippen LogP contribution in [-0.4, -0.2) is 16.6 Å². The van der Waals surface area contributed by atoms with Crippen LogP contribution in [0.4, 0.5) is 0 Å². The maximum absolute atomic E-state index is 11.7. The number of pyridine rings is 1. The third-order valence-corrected chi connectivity index (χ3v) is 2.25. The Bertz CT molecular complexity index is 363. The number of aryl methyl sites for hydroxylation is 1. The molecule has 0 radical (unpaired) electrons. The molecule has 0 aliphatic heterocycles. The Hall–Kier alpha value is -1.38. The van der Waals surface area contributed by atoms with Crippen molar-refractivity contribution in [3.63, 3.8) is 0 Å². The number of rotatable bonds is 4. The van der Waals surface area contributed by atoms with Gasteiger partial charge < -0.3 is 4.74 Å². The number of aromatic nitrogens is 1. The van der Waals surface area contributed by atoms with E-state index in [1.165, 1.54) is 5.56 Å². The predicted octanol–water partition coefficient (Wildman–Crippen LogP) is 3.38. The number of carbonyl (C=O) groups is 1. The summed E-state index contributed by atoms with van der Waals surface area (Å²) in [6.45, 7) is 7.70. The van der Waals surface area contributed by atoms with Crippen LogP contribution in [0.5, 0.6) is 0 Å². The van der Waals surface area contributed by atoms with Gasteiger partial charge in [0, 0.05) is 6.20 Å². The van der Waals surface area contributed by atoms with Gasteiger partial charge in [0.15, 0.2) is 0 Å². The molecule has 0 aromatic carbocycles. The Kier molecular flexibility index (Phi) is 4.67. The van der Waals surface area contributed by atoms with Crippen molar-refractivity contribution < 1.29 is 9.53 Å². The molecule has 0 unspecified atom stereocenters. The summed E-state index contributed by atoms with van der Waals surface area (Å²) in [5.41, 5.74) is 1.07. The van der Waals surface area contributed by atoms with Crippen molar-refractivity contribution >= 4 is 5.97 Å². The topological polar surface area (TPSA) is 39.2 Å². The van der Waals surface area contributed by atoms with Crippen LogP contribution in [0.15, 0.2) is 18.3 Å². The molecule has 3 heteroatoms. The fourth-order valence-corrected chi connectivity index (χ4v) is 1.40. The fourth-order valence-electron chi connectivity index (χ4n) is 1.40. The van der Waals surface area contributed by atoms with Gasteiger partial charge in [-0.3, -0.25) is 0 Å². The van der Waals surface area contributed by atoms with Gasteiger partial charge in [-0.25, -0.2) is 9.78 Å². The van der Waals surface area contributed by atoms with Crippen LogP contribution in [-0.2, 0) is 11.2 Å². The molecular formula is C14H21NO2. The number of ether oxygens (including phenoxy) is 1. The van der Waals surface area contributed by atoms with Crippen LogP contribution in [0.1, 0.15) is 56.6 Å². The van der Waals surface area contributed by atoms with Crippen LogP contribution in [0.2, 0.25) is 0 Å². The Balaban J connectivity index is 2.64. The lowest BCUT2D eigenvalue weighted by atomic mass is 10.1. The quantitative estimate of drug-likeness (QED) is 0.751. The van der Waals surface area contributed by atoms with E-state index in [0.717, 1.165) is 19.3 Å². The lowest BCUT2D eigenvalue weighted by Gasteiger charge is -2.19. The van der Waals surface area contributed by atoms with E-state index in [1.54, 1.807) is 12.3 Å². The highest BCUT2D eigenvalue weighted by Gasteiger charge is 2.18. The highest BCUT2D eigenvalue weighted by Crippen LogP contribution is 2.11. The minimum absolute atomic E-state index is 0.362. The largest absolute Gasteiger partial charge is 0.455 e. The van der Waals surface area contributed by atoms with Gasteiger partial charge in [-0.15, -0.1) is 0 Å². The molecule has 0 saturated heterocycles. The molecule has 0 spiro atoms. The summed E-state index contributed by atoms with van der Waals surface area (Å²) in [6.07, 6.45) is 5.08. The van der Waals surface area contributed by atoms with Crippen LogP contribution < -0.4 is 0 Å². The van der Waals surface area contributed by atoms with Crippen molar-refractivity contribution in [2.45, 2.75) is 52.6 Å². The van der Waals surface area contributed by atoms with E-state index in [2.05, 4.69) is 11.9 Å². The summed E-state index contributed by atoms with van der Waals surface area (Å²) >= 11 is 0. The zero-order valence-corrected chi connectivity index (χ0v) is 11.1. The average molecular weight is 235 g/mol. The zero-order chi connectivity index (χ0) is 12.9. The molecule has 0 N–H and O–H groups in total. The second-order valence-corrected chi connectivity index (χ2v) is 5.16. The molecule has 0 saturated carbocycles. The molecule has 1 heterocycles. The van der Waals surface area contributed by atoms with E-state index in [1.807, 2.05) is 26.8 Å². The van der Waals surface area contributed by atoms with E-state index in [4.69, 9.17) is 4.74 Å². The van der Waals surface area contributed by atoms with Crippen LogP contribution in [0, 0.1) is 0 Å². The number of nitrogens with zero attached hydrogens (tertiary/aromatic N) is 1. The molecule has 0 bridgehead atoms. The second kappa shape index (κ2) is 5.80. The molecule has 0 atom stereocenters. The SMILES string of the molecule is CCCCc1ccc(C(=O)OC(C)(C)C)nc1. The van der Waals surface area contributed by atoms with Gasteiger partial charge in [-0.2, -0.15) is 0 Å². The Morgan fingerprint density at radius 3 is 2.53 bits per heavy atom. The number of unbranched alkanes of at least 4 members (excludes halogenated alkanes) is 1. The first-order valence-corrected chi connectivity index (χ1v) is 6.10. The molecule has 0 aliphatic carbocycles. The summed E-state index contributed by atoms with van der Waals surface area (Å²) in [5.74, 6) is -0.362. The molecule has 94 valence electrons. The maximum Gasteiger partial charge on any atom is 0.357 e. The van der Waals surface area contributed by atoms with Crippen molar-refractivity contribution in [3.05, 3.63) is 29.6 Å². The molecule has 0 fully saturated rings. The first kappa shape index (κ1) is 13.7. The van der Waals surface area contributed by atoms with Crippen molar-refractivity contribution in [2.24, 2.45) is 0 Å². The first-order valence-electron chi connectivity index (χ1n) is 6.10. The zero-order valence-electron chi connectivity index (χ0n) is 11.1. The third-order valence-electron chi connectivity index (χ3n) is 2.25. The van der Waals surface area contributed by atoms with Crippen molar-refractivity contribution in [2.75, 3.05) is 0 Å². The normalized spacial score (nSPS) is 11.3. The van der Waals surface area contributed by atoms with Crippen molar-refractivity contribution in [1.82, 2.24) is 4.98 Å². The summed E-state index contributed by atoms with van der Waals surface area (Å²) in [6, 6.07) is 3.68. The first-order chi connectivity index (χ1) is 7.92. The minimum Gasteiger partial charge on any atom is -0.455 e. The van der Waals surface area contributed by atoms with Gasteiger partial charge in [0.25, 0.3) is 0 Å². The molecule has 0 aliphatic rings. The van der Waals surface area contributed by atoms with E-state index in [-0.39, 0.29) is 5.97 Å². The smallest absolute Gasteiger partial charge is 0.357 e. The van der Waals surface area contributed by atoms with Gasteiger partial charge in [-0.05, 0) is 45.2 Å². The Morgan fingerprint density at radius 2 is 2.06 bits per heavy atom. The molecule has 0 amide bonds. The average Bonchev–Trinajstić information content (AvgIpc) is 2.24. The van der Waals surface area contributed by atoms with E-state index >= 15 is 0 Å². The molecule has 17 heavy (non-hydrogen) atoms. The Labute approximate surface area is 103 Å². The molecule has 3 nitrogen and oxygen atoms in total. The highest BCUT2D eigenvalue weighted by atomic mass is 16.6. The van der Waals surface area contributed by atoms with E-state index < -0.39 is 5.60 Å². The fraction of sp³-hybridized carbons (Fsp3) is 0.571. The Morgan fingerprint density at radius 1 is 1.35 bits per heavy atom. The maximum atomic E-state index is 11.7. The van der Waals surface area contributed by atoms with Gasteiger partial charge in [0.1, 0.15) is 11.3 Å². The van der Waals surface area contributed by atoms with Gasteiger partial charge in [0.05, 0.1) is 0 Å². The summed E-state index contributed by atoms with van der Waals surface area (Å²) in [5, 5.41) is 0. The second-order valence-electron chi connectivity index (χ2n) is 5.16. The monoisotopic (exact) mass is 235 g/mol. The highest BCUT2D eigenvalue weighted by molar-refractivity contribution is 5.87. The van der Waals surface area contributed by atoms with Crippen molar-refractivity contribution in [1.29, 1.82) is 0 Å². The lowest BCUT2D eigenvalue weighted by molar-refractivity contribution is 0.00628. The van der Waals surface area contributed by atoms with Gasteiger partial charge in [-0.1, -0.05) is 19.4 Å². The molecular weight excluding hydrogens is 214 g/mol. The number of hydrogen-bond donors (Lipinski definition) is 0. The molecule has 1 aromatic rings. The van der Waals surface area contributed by atoms with Crippen molar-refractivity contribution in [3.8, 4) is 0 Å². The standard InChI is InChI=1S/C14H21NO2/c1-5-6-7-11-8-9-12(15-10-11)13(16)17-14(2,3)4/h8-10H,5-7H2,1-4H3. The third kappa shape index (κ3) is 4.98. The van der Waals surface area contributed by atoms with Crippen LogP contribution >= 0.6 is 0 Å². The van der Waals surface area contributed by atoms with Gasteiger partial charge in [0.2, 0.25) is 0 Å². The summed E-state index contributed by atoms with van der Waals surface area (Å²) in [4.78, 5) is 15.8. The lowest BCUT2D eigenvalue weighted by Crippen LogP contribution is -2.24. The number of carbonyl (C=O) groups excluding carboxylic acids is 1. The number of esters is 1. The summed E-state index contributed by atoms with van der Waals surface area (Å²) in [7, 11) is 0. The predicted molar refractivity (Wildman–Crippen MR) is 68.0 cm³/mol. The summed E-state index contributed by atoms with van der Waals surface area (Å²) < 4.78 is 5.24. The molecule has 1 aromatic heterocycles. The van der Waals surface area contributed by atoms with Crippen LogP contribution in [0.3, 0.4) is 0 Å². The van der Waals surface area contributed by atoms with E-state index in [9.17, 15) is 4.79 Å². The number of hydrogen-bond acceptors (Lipinski definition) is 3.